The van der Waals surface area contributed by atoms with E-state index < -0.39 is 0 Å². The third-order valence-corrected chi connectivity index (χ3v) is 4.81. The molecule has 3 rings (SSSR count). The maximum absolute atomic E-state index is 12.3. The van der Waals surface area contributed by atoms with Crippen molar-refractivity contribution in [1.82, 2.24) is 5.32 Å². The smallest absolute Gasteiger partial charge is 0.319 e. The number of rotatable bonds is 4. The molecule has 2 aromatic carbocycles. The number of carbonyl (C=O) groups is 3. The molecule has 1 atom stereocenters. The highest BCUT2D eigenvalue weighted by molar-refractivity contribution is 5.98. The summed E-state index contributed by atoms with van der Waals surface area (Å²) in [6.45, 7) is 5.98. The monoisotopic (exact) mass is 365 g/mol. The van der Waals surface area contributed by atoms with Crippen LogP contribution in [0.5, 0.6) is 0 Å². The Morgan fingerprint density at radius 3 is 2.37 bits per heavy atom. The third-order valence-electron chi connectivity index (χ3n) is 4.81. The minimum atomic E-state index is -0.370. The van der Waals surface area contributed by atoms with E-state index in [0.717, 1.165) is 11.3 Å². The number of nitrogens with zero attached hydrogens (tertiary/aromatic N) is 1. The molecule has 0 aromatic heterocycles. The second-order valence-electron chi connectivity index (χ2n) is 6.91. The molecule has 3 amide bonds. The van der Waals surface area contributed by atoms with Crippen molar-refractivity contribution >= 4 is 29.1 Å². The zero-order valence-electron chi connectivity index (χ0n) is 15.7. The van der Waals surface area contributed by atoms with E-state index in [1.807, 2.05) is 32.0 Å². The van der Waals surface area contributed by atoms with Crippen molar-refractivity contribution in [2.24, 2.45) is 0 Å². The lowest BCUT2D eigenvalue weighted by atomic mass is 10.1. The van der Waals surface area contributed by atoms with Crippen molar-refractivity contribution in [1.29, 1.82) is 0 Å². The van der Waals surface area contributed by atoms with E-state index >= 15 is 0 Å². The van der Waals surface area contributed by atoms with Gasteiger partial charge in [0.1, 0.15) is 0 Å². The van der Waals surface area contributed by atoms with Crippen LogP contribution in [0.4, 0.5) is 16.2 Å². The second-order valence-corrected chi connectivity index (χ2v) is 6.91. The minimum Gasteiger partial charge on any atom is -0.333 e. The van der Waals surface area contributed by atoms with Crippen LogP contribution in [0.3, 0.4) is 0 Å². The highest BCUT2D eigenvalue weighted by Gasteiger charge is 2.31. The predicted molar refractivity (Wildman–Crippen MR) is 105 cm³/mol. The van der Waals surface area contributed by atoms with Gasteiger partial charge in [0.2, 0.25) is 5.91 Å². The van der Waals surface area contributed by atoms with Crippen molar-refractivity contribution in [3.05, 3.63) is 59.2 Å². The van der Waals surface area contributed by atoms with Gasteiger partial charge in [-0.05, 0) is 68.3 Å². The largest absolute Gasteiger partial charge is 0.333 e. The van der Waals surface area contributed by atoms with Gasteiger partial charge in [0.25, 0.3) is 0 Å². The van der Waals surface area contributed by atoms with Crippen LogP contribution in [0.25, 0.3) is 0 Å². The van der Waals surface area contributed by atoms with Gasteiger partial charge in [-0.2, -0.15) is 0 Å². The minimum absolute atomic E-state index is 0.00522. The van der Waals surface area contributed by atoms with Crippen LogP contribution in [0.15, 0.2) is 42.5 Å². The first kappa shape index (κ1) is 18.6. The number of carbonyl (C=O) groups excluding carboxylic acids is 3. The Kier molecular flexibility index (Phi) is 5.26. The predicted octanol–water partition coefficient (Wildman–Crippen LogP) is 3.43. The molecular formula is C21H23N3O3. The molecule has 0 unspecified atom stereocenters. The number of Topliss-reactive ketones (excluding diaryl/α,β-unsaturated/α-hetero) is 1. The Labute approximate surface area is 158 Å². The standard InChI is InChI=1S/C21H23N3O3/c1-13-4-9-19(10-14(13)2)24-12-18(11-20(24)26)23-21(27)22-17-7-5-16(6-8-17)15(3)25/h4-10,18H,11-12H2,1-3H3,(H2,22,23,27)/t18-/m0/s1. The van der Waals surface area contributed by atoms with Crippen molar-refractivity contribution in [3.63, 3.8) is 0 Å². The molecule has 6 heteroatoms. The molecule has 0 bridgehead atoms. The summed E-state index contributed by atoms with van der Waals surface area (Å²) in [6.07, 6.45) is 0.267. The van der Waals surface area contributed by atoms with Gasteiger partial charge < -0.3 is 15.5 Å². The van der Waals surface area contributed by atoms with E-state index in [9.17, 15) is 14.4 Å². The molecule has 1 aliphatic rings. The highest BCUT2D eigenvalue weighted by atomic mass is 16.2. The SMILES string of the molecule is CC(=O)c1ccc(NC(=O)N[C@H]2CC(=O)N(c3ccc(C)c(C)c3)C2)cc1. The Hall–Kier alpha value is -3.15. The molecule has 140 valence electrons. The summed E-state index contributed by atoms with van der Waals surface area (Å²) < 4.78 is 0. The van der Waals surface area contributed by atoms with Crippen LogP contribution in [0.1, 0.15) is 34.8 Å². The Balaban J connectivity index is 1.59. The lowest BCUT2D eigenvalue weighted by Crippen LogP contribution is -2.39. The number of nitrogens with one attached hydrogen (secondary N) is 2. The molecule has 0 spiro atoms. The molecule has 6 nitrogen and oxygen atoms in total. The van der Waals surface area contributed by atoms with Gasteiger partial charge in [0.05, 0.1) is 6.04 Å². The summed E-state index contributed by atoms with van der Waals surface area (Å²) in [5.41, 5.74) is 4.34. The molecular weight excluding hydrogens is 342 g/mol. The summed E-state index contributed by atoms with van der Waals surface area (Å²) in [7, 11) is 0. The molecule has 2 N–H and O–H groups in total. The second kappa shape index (κ2) is 7.61. The van der Waals surface area contributed by atoms with Gasteiger partial charge in [-0.15, -0.1) is 0 Å². The molecule has 27 heavy (non-hydrogen) atoms. The lowest BCUT2D eigenvalue weighted by molar-refractivity contribution is -0.117. The van der Waals surface area contributed by atoms with Crippen LogP contribution in [-0.4, -0.2) is 30.3 Å². The number of amides is 3. The lowest BCUT2D eigenvalue weighted by Gasteiger charge is -2.18. The van der Waals surface area contributed by atoms with Gasteiger partial charge in [0, 0.05) is 29.9 Å². The fourth-order valence-electron chi connectivity index (χ4n) is 3.09. The Bertz CT molecular complexity index is 890. The summed E-state index contributed by atoms with van der Waals surface area (Å²) >= 11 is 0. The molecule has 1 saturated heterocycles. The number of ketones is 1. The van der Waals surface area contributed by atoms with Crippen LogP contribution >= 0.6 is 0 Å². The number of urea groups is 1. The number of benzene rings is 2. The molecule has 2 aromatic rings. The number of hydrogen-bond donors (Lipinski definition) is 2. The third kappa shape index (κ3) is 4.34. The first-order valence-corrected chi connectivity index (χ1v) is 8.89. The fraction of sp³-hybridized carbons (Fsp3) is 0.286. The van der Waals surface area contributed by atoms with E-state index in [2.05, 4.69) is 10.6 Å². The fourth-order valence-corrected chi connectivity index (χ4v) is 3.09. The van der Waals surface area contributed by atoms with Gasteiger partial charge in [0.15, 0.2) is 5.78 Å². The average Bonchev–Trinajstić information content (AvgIpc) is 2.97. The average molecular weight is 365 g/mol. The summed E-state index contributed by atoms with van der Waals surface area (Å²) in [6, 6.07) is 12.0. The summed E-state index contributed by atoms with van der Waals surface area (Å²) in [5.74, 6) is -0.0312. The number of hydrogen-bond acceptors (Lipinski definition) is 3. The van der Waals surface area contributed by atoms with Crippen LogP contribution in [0, 0.1) is 13.8 Å². The Morgan fingerprint density at radius 1 is 1.04 bits per heavy atom. The maximum Gasteiger partial charge on any atom is 0.319 e. The summed E-state index contributed by atoms with van der Waals surface area (Å²) in [4.78, 5) is 37.6. The van der Waals surface area contributed by atoms with E-state index in [-0.39, 0.29) is 30.2 Å². The summed E-state index contributed by atoms with van der Waals surface area (Å²) in [5, 5.41) is 5.57. The van der Waals surface area contributed by atoms with Crippen LogP contribution in [0.2, 0.25) is 0 Å². The van der Waals surface area contributed by atoms with Crippen molar-refractivity contribution < 1.29 is 14.4 Å². The van der Waals surface area contributed by atoms with Crippen LogP contribution in [-0.2, 0) is 4.79 Å². The first-order chi connectivity index (χ1) is 12.8. The Morgan fingerprint density at radius 2 is 1.74 bits per heavy atom. The zero-order chi connectivity index (χ0) is 19.6. The van der Waals surface area contributed by atoms with Crippen molar-refractivity contribution in [2.45, 2.75) is 33.2 Å². The molecule has 1 fully saturated rings. The van der Waals surface area contributed by atoms with E-state index in [1.165, 1.54) is 12.5 Å². The zero-order valence-corrected chi connectivity index (χ0v) is 15.7. The topological polar surface area (TPSA) is 78.5 Å². The van der Waals surface area contributed by atoms with E-state index in [1.54, 1.807) is 29.2 Å². The quantitative estimate of drug-likeness (QED) is 0.815. The van der Waals surface area contributed by atoms with Crippen molar-refractivity contribution in [3.8, 4) is 0 Å². The van der Waals surface area contributed by atoms with E-state index in [0.29, 0.717) is 17.8 Å². The van der Waals surface area contributed by atoms with Gasteiger partial charge in [-0.3, -0.25) is 9.59 Å². The molecule has 0 saturated carbocycles. The molecule has 1 heterocycles. The van der Waals surface area contributed by atoms with Gasteiger partial charge >= 0.3 is 6.03 Å². The normalized spacial score (nSPS) is 16.3. The van der Waals surface area contributed by atoms with Crippen LogP contribution < -0.4 is 15.5 Å². The maximum atomic E-state index is 12.3. The number of aryl methyl sites for hydroxylation is 2. The number of anilines is 2. The van der Waals surface area contributed by atoms with Gasteiger partial charge in [-0.25, -0.2) is 4.79 Å². The highest BCUT2D eigenvalue weighted by Crippen LogP contribution is 2.24. The first-order valence-electron chi connectivity index (χ1n) is 8.89. The van der Waals surface area contributed by atoms with Gasteiger partial charge in [-0.1, -0.05) is 6.07 Å². The van der Waals surface area contributed by atoms with Crippen molar-refractivity contribution in [2.75, 3.05) is 16.8 Å². The molecule has 1 aliphatic heterocycles. The van der Waals surface area contributed by atoms with E-state index in [4.69, 9.17) is 0 Å². The molecule has 0 radical (unpaired) electrons. The molecule has 0 aliphatic carbocycles.